The van der Waals surface area contributed by atoms with Crippen molar-refractivity contribution < 1.29 is 0 Å². The fourth-order valence-corrected chi connectivity index (χ4v) is 1.53. The van der Waals surface area contributed by atoms with Gasteiger partial charge in [-0.1, -0.05) is 0 Å². The number of nitriles is 2. The van der Waals surface area contributed by atoms with Crippen molar-refractivity contribution in [1.29, 1.82) is 10.5 Å². The van der Waals surface area contributed by atoms with Crippen LogP contribution in [0.5, 0.6) is 0 Å². The van der Waals surface area contributed by atoms with E-state index in [1.807, 2.05) is 6.07 Å². The molecule has 4 heteroatoms. The molecular formula is C12H8N4. The number of nitrogen functional groups attached to an aromatic ring is 1. The molecule has 1 aromatic heterocycles. The molecule has 2 N–H and O–H groups in total. The Balaban J connectivity index is 2.59. The summed E-state index contributed by atoms with van der Waals surface area (Å²) >= 11 is 0. The van der Waals surface area contributed by atoms with Gasteiger partial charge in [-0.15, -0.1) is 0 Å². The van der Waals surface area contributed by atoms with Crippen LogP contribution in [0.2, 0.25) is 0 Å². The normalized spacial score (nSPS) is 9.38. The van der Waals surface area contributed by atoms with Crippen molar-refractivity contribution in [3.63, 3.8) is 0 Å². The van der Waals surface area contributed by atoms with E-state index >= 15 is 0 Å². The molecule has 2 rings (SSSR count). The third kappa shape index (κ3) is 1.49. The van der Waals surface area contributed by atoms with Gasteiger partial charge in [0.05, 0.1) is 23.0 Å². The van der Waals surface area contributed by atoms with Crippen LogP contribution in [0.1, 0.15) is 11.3 Å². The summed E-state index contributed by atoms with van der Waals surface area (Å²) in [7, 11) is 0. The zero-order chi connectivity index (χ0) is 11.5. The van der Waals surface area contributed by atoms with Crippen LogP contribution in [0.15, 0.2) is 36.5 Å². The standard InChI is InChI=1S/C12H8N4/c13-7-9-3-4-12(11(15)6-9)16-5-1-2-10(16)8-14/h1-6H,15H2. The van der Waals surface area contributed by atoms with Crippen LogP contribution in [0.4, 0.5) is 5.69 Å². The van der Waals surface area contributed by atoms with Gasteiger partial charge in [-0.25, -0.2) is 0 Å². The summed E-state index contributed by atoms with van der Waals surface area (Å²) in [5.74, 6) is 0. The molecule has 0 aliphatic heterocycles. The van der Waals surface area contributed by atoms with Crippen molar-refractivity contribution in [2.24, 2.45) is 0 Å². The van der Waals surface area contributed by atoms with Gasteiger partial charge in [0.15, 0.2) is 0 Å². The molecule has 0 unspecified atom stereocenters. The third-order valence-electron chi connectivity index (χ3n) is 2.28. The van der Waals surface area contributed by atoms with Gasteiger partial charge in [-0.2, -0.15) is 10.5 Å². The van der Waals surface area contributed by atoms with E-state index in [1.54, 1.807) is 41.1 Å². The molecule has 16 heavy (non-hydrogen) atoms. The third-order valence-corrected chi connectivity index (χ3v) is 2.28. The number of anilines is 1. The smallest absolute Gasteiger partial charge is 0.124 e. The average Bonchev–Trinajstić information content (AvgIpc) is 2.76. The molecule has 1 heterocycles. The Bertz CT molecular complexity index is 611. The Morgan fingerprint density at radius 2 is 1.94 bits per heavy atom. The van der Waals surface area contributed by atoms with E-state index in [2.05, 4.69) is 6.07 Å². The lowest BCUT2D eigenvalue weighted by Gasteiger charge is -2.08. The van der Waals surface area contributed by atoms with Gasteiger partial charge < -0.3 is 10.3 Å². The largest absolute Gasteiger partial charge is 0.397 e. The number of hydrogen-bond acceptors (Lipinski definition) is 3. The number of benzene rings is 1. The molecule has 76 valence electrons. The molecule has 0 saturated heterocycles. The van der Waals surface area contributed by atoms with Crippen molar-refractivity contribution in [3.8, 4) is 17.8 Å². The minimum atomic E-state index is 0.478. The first kappa shape index (κ1) is 9.82. The average molecular weight is 208 g/mol. The number of rotatable bonds is 1. The van der Waals surface area contributed by atoms with Gasteiger partial charge in [0.25, 0.3) is 0 Å². The first-order chi connectivity index (χ1) is 7.76. The maximum absolute atomic E-state index is 8.90. The lowest BCUT2D eigenvalue weighted by Crippen LogP contribution is -2.00. The predicted molar refractivity (Wildman–Crippen MR) is 59.6 cm³/mol. The van der Waals surface area contributed by atoms with E-state index in [-0.39, 0.29) is 0 Å². The highest BCUT2D eigenvalue weighted by molar-refractivity contribution is 5.62. The van der Waals surface area contributed by atoms with Gasteiger partial charge in [-0.05, 0) is 30.3 Å². The maximum Gasteiger partial charge on any atom is 0.124 e. The molecule has 2 aromatic rings. The topological polar surface area (TPSA) is 78.5 Å². The Morgan fingerprint density at radius 1 is 1.12 bits per heavy atom. The van der Waals surface area contributed by atoms with Crippen molar-refractivity contribution in [2.75, 3.05) is 5.73 Å². The van der Waals surface area contributed by atoms with Crippen molar-refractivity contribution in [3.05, 3.63) is 47.8 Å². The molecule has 1 aromatic carbocycles. The number of hydrogen-bond donors (Lipinski definition) is 1. The van der Waals surface area contributed by atoms with Crippen LogP contribution >= 0.6 is 0 Å². The van der Waals surface area contributed by atoms with Crippen LogP contribution < -0.4 is 5.73 Å². The second-order valence-electron chi connectivity index (χ2n) is 3.26. The van der Waals surface area contributed by atoms with E-state index in [0.29, 0.717) is 22.6 Å². The zero-order valence-corrected chi connectivity index (χ0v) is 8.38. The van der Waals surface area contributed by atoms with E-state index in [4.69, 9.17) is 16.3 Å². The predicted octanol–water partition coefficient (Wildman–Crippen LogP) is 1.80. The highest BCUT2D eigenvalue weighted by Gasteiger charge is 2.06. The number of aromatic nitrogens is 1. The van der Waals surface area contributed by atoms with Gasteiger partial charge in [0, 0.05) is 6.20 Å². The lowest BCUT2D eigenvalue weighted by molar-refractivity contribution is 1.05. The second-order valence-corrected chi connectivity index (χ2v) is 3.26. The van der Waals surface area contributed by atoms with Crippen molar-refractivity contribution in [1.82, 2.24) is 4.57 Å². The molecule has 0 aliphatic rings. The van der Waals surface area contributed by atoms with Crippen LogP contribution in [0.25, 0.3) is 5.69 Å². The van der Waals surface area contributed by atoms with Gasteiger partial charge in [0.2, 0.25) is 0 Å². The van der Waals surface area contributed by atoms with Crippen LogP contribution in [-0.4, -0.2) is 4.57 Å². The molecule has 0 bridgehead atoms. The van der Waals surface area contributed by atoms with Gasteiger partial charge in [0.1, 0.15) is 11.8 Å². The minimum absolute atomic E-state index is 0.478. The highest BCUT2D eigenvalue weighted by Crippen LogP contribution is 2.20. The zero-order valence-electron chi connectivity index (χ0n) is 8.38. The molecule has 0 saturated carbocycles. The van der Waals surface area contributed by atoms with Crippen molar-refractivity contribution in [2.45, 2.75) is 0 Å². The Hall–Kier alpha value is -2.72. The quantitative estimate of drug-likeness (QED) is 0.726. The summed E-state index contributed by atoms with van der Waals surface area (Å²) in [6.45, 7) is 0. The van der Waals surface area contributed by atoms with E-state index < -0.39 is 0 Å². The summed E-state index contributed by atoms with van der Waals surface area (Å²) in [5, 5.41) is 17.6. The fourth-order valence-electron chi connectivity index (χ4n) is 1.53. The SMILES string of the molecule is N#Cc1ccc(-n2cccc2C#N)c(N)c1. The van der Waals surface area contributed by atoms with Crippen molar-refractivity contribution >= 4 is 5.69 Å². The molecule has 0 atom stereocenters. The molecule has 0 radical (unpaired) electrons. The molecule has 0 aliphatic carbocycles. The lowest BCUT2D eigenvalue weighted by atomic mass is 10.2. The minimum Gasteiger partial charge on any atom is -0.397 e. The van der Waals surface area contributed by atoms with Gasteiger partial charge in [-0.3, -0.25) is 0 Å². The van der Waals surface area contributed by atoms with Crippen LogP contribution in [-0.2, 0) is 0 Å². The second kappa shape index (κ2) is 3.80. The number of nitrogens with zero attached hydrogens (tertiary/aromatic N) is 3. The Kier molecular flexibility index (Phi) is 2.33. The molecule has 0 fully saturated rings. The summed E-state index contributed by atoms with van der Waals surface area (Å²) in [6.07, 6.45) is 1.76. The monoisotopic (exact) mass is 208 g/mol. The van der Waals surface area contributed by atoms with Gasteiger partial charge >= 0.3 is 0 Å². The van der Waals surface area contributed by atoms with E-state index in [0.717, 1.165) is 0 Å². The first-order valence-electron chi connectivity index (χ1n) is 4.63. The van der Waals surface area contributed by atoms with Crippen LogP contribution in [0.3, 0.4) is 0 Å². The van der Waals surface area contributed by atoms with E-state index in [1.165, 1.54) is 0 Å². The first-order valence-corrected chi connectivity index (χ1v) is 4.63. The Morgan fingerprint density at radius 3 is 2.56 bits per heavy atom. The molecule has 0 spiro atoms. The summed E-state index contributed by atoms with van der Waals surface area (Å²) in [6, 6.07) is 12.6. The summed E-state index contributed by atoms with van der Waals surface area (Å²) < 4.78 is 1.69. The van der Waals surface area contributed by atoms with E-state index in [9.17, 15) is 0 Å². The Labute approximate surface area is 92.8 Å². The van der Waals surface area contributed by atoms with Crippen LogP contribution in [0, 0.1) is 22.7 Å². The number of nitrogens with two attached hydrogens (primary N) is 1. The molecule has 0 amide bonds. The molecular weight excluding hydrogens is 200 g/mol. The fraction of sp³-hybridized carbons (Fsp3) is 0. The summed E-state index contributed by atoms with van der Waals surface area (Å²) in [4.78, 5) is 0. The molecule has 4 nitrogen and oxygen atoms in total. The highest BCUT2D eigenvalue weighted by atomic mass is 15.0. The summed E-state index contributed by atoms with van der Waals surface area (Å²) in [5.41, 5.74) is 8.03. The maximum atomic E-state index is 8.90.